The van der Waals surface area contributed by atoms with Gasteiger partial charge in [0, 0.05) is 6.04 Å². The Kier molecular flexibility index (Phi) is 3.63. The molecule has 0 aromatic heterocycles. The minimum Gasteiger partial charge on any atom is -0.368 e. The van der Waals surface area contributed by atoms with Crippen LogP contribution in [0.5, 0.6) is 0 Å². The molecule has 0 aliphatic rings. The number of fused-ring (bicyclic) bond motifs is 1. The van der Waals surface area contributed by atoms with E-state index in [9.17, 15) is 4.79 Å². The highest BCUT2D eigenvalue weighted by Crippen LogP contribution is 2.24. The third-order valence-corrected chi connectivity index (χ3v) is 3.22. The Labute approximate surface area is 107 Å². The Morgan fingerprint density at radius 3 is 2.50 bits per heavy atom. The van der Waals surface area contributed by atoms with E-state index in [4.69, 9.17) is 5.73 Å². The lowest BCUT2D eigenvalue weighted by Crippen LogP contribution is -2.40. The summed E-state index contributed by atoms with van der Waals surface area (Å²) in [7, 11) is 0. The number of rotatable bonds is 4. The number of hydrogen-bond donors (Lipinski definition) is 2. The highest BCUT2D eigenvalue weighted by Gasteiger charge is 2.14. The van der Waals surface area contributed by atoms with E-state index in [0.717, 1.165) is 0 Å². The van der Waals surface area contributed by atoms with Crippen LogP contribution < -0.4 is 11.1 Å². The van der Waals surface area contributed by atoms with E-state index in [1.165, 1.54) is 16.3 Å². The van der Waals surface area contributed by atoms with Crippen LogP contribution in [-0.2, 0) is 4.79 Å². The molecule has 0 radical (unpaired) electrons. The van der Waals surface area contributed by atoms with Gasteiger partial charge in [0.05, 0.1) is 6.04 Å². The summed E-state index contributed by atoms with van der Waals surface area (Å²) in [5.74, 6) is -0.331. The van der Waals surface area contributed by atoms with Gasteiger partial charge in [-0.2, -0.15) is 0 Å². The first-order chi connectivity index (χ1) is 8.59. The lowest BCUT2D eigenvalue weighted by molar-refractivity contribution is -0.119. The van der Waals surface area contributed by atoms with Crippen molar-refractivity contribution in [2.45, 2.75) is 25.9 Å². The molecule has 2 rings (SSSR count). The van der Waals surface area contributed by atoms with Gasteiger partial charge >= 0.3 is 0 Å². The predicted octanol–water partition coefficient (Wildman–Crippen LogP) is 2.36. The van der Waals surface area contributed by atoms with Crippen molar-refractivity contribution in [2.75, 3.05) is 0 Å². The lowest BCUT2D eigenvalue weighted by Gasteiger charge is -2.19. The molecular formula is C15H18N2O. The zero-order chi connectivity index (χ0) is 13.1. The third-order valence-electron chi connectivity index (χ3n) is 3.22. The standard InChI is InChI=1S/C15H18N2O/c1-10(17-11(2)15(16)18)13-9-5-7-12-6-3-4-8-14(12)13/h3-11,17H,1-2H3,(H2,16,18)/t10-,11-/m1/s1. The molecule has 3 nitrogen and oxygen atoms in total. The van der Waals surface area contributed by atoms with Crippen molar-refractivity contribution in [2.24, 2.45) is 5.73 Å². The van der Waals surface area contributed by atoms with Gasteiger partial charge in [0.2, 0.25) is 5.91 Å². The van der Waals surface area contributed by atoms with Crippen LogP contribution in [0.4, 0.5) is 0 Å². The van der Waals surface area contributed by atoms with Crippen LogP contribution >= 0.6 is 0 Å². The molecule has 0 saturated carbocycles. The maximum atomic E-state index is 11.1. The first-order valence-corrected chi connectivity index (χ1v) is 6.12. The van der Waals surface area contributed by atoms with Crippen molar-refractivity contribution in [3.05, 3.63) is 48.0 Å². The van der Waals surface area contributed by atoms with Crippen LogP contribution in [0.25, 0.3) is 10.8 Å². The van der Waals surface area contributed by atoms with E-state index in [1.54, 1.807) is 6.92 Å². The molecule has 3 N–H and O–H groups in total. The van der Waals surface area contributed by atoms with Gasteiger partial charge in [0.25, 0.3) is 0 Å². The van der Waals surface area contributed by atoms with Crippen molar-refractivity contribution in [3.63, 3.8) is 0 Å². The van der Waals surface area contributed by atoms with Crippen molar-refractivity contribution >= 4 is 16.7 Å². The SMILES string of the molecule is C[C@@H](N[C@H](C)c1cccc2ccccc12)C(N)=O. The average molecular weight is 242 g/mol. The van der Waals surface area contributed by atoms with Gasteiger partial charge in [-0.1, -0.05) is 42.5 Å². The average Bonchev–Trinajstić information content (AvgIpc) is 2.37. The molecule has 0 fully saturated rings. The summed E-state index contributed by atoms with van der Waals surface area (Å²) < 4.78 is 0. The van der Waals surface area contributed by atoms with Crippen molar-refractivity contribution < 1.29 is 4.79 Å². The van der Waals surface area contributed by atoms with E-state index >= 15 is 0 Å². The summed E-state index contributed by atoms with van der Waals surface area (Å²) in [5, 5.41) is 5.62. The van der Waals surface area contributed by atoms with Gasteiger partial charge < -0.3 is 5.73 Å². The second kappa shape index (κ2) is 5.19. The van der Waals surface area contributed by atoms with Crippen LogP contribution in [0, 0.1) is 0 Å². The topological polar surface area (TPSA) is 55.1 Å². The molecule has 18 heavy (non-hydrogen) atoms. The maximum Gasteiger partial charge on any atom is 0.234 e. The fraction of sp³-hybridized carbons (Fsp3) is 0.267. The maximum absolute atomic E-state index is 11.1. The van der Waals surface area contributed by atoms with E-state index < -0.39 is 0 Å². The molecule has 2 aromatic carbocycles. The minimum absolute atomic E-state index is 0.0820. The van der Waals surface area contributed by atoms with E-state index in [-0.39, 0.29) is 18.0 Å². The quantitative estimate of drug-likeness (QED) is 0.864. The Morgan fingerprint density at radius 2 is 1.78 bits per heavy atom. The lowest BCUT2D eigenvalue weighted by atomic mass is 9.99. The van der Waals surface area contributed by atoms with Gasteiger partial charge in [-0.3, -0.25) is 10.1 Å². The van der Waals surface area contributed by atoms with E-state index in [0.29, 0.717) is 0 Å². The van der Waals surface area contributed by atoms with E-state index in [2.05, 4.69) is 29.6 Å². The summed E-state index contributed by atoms with van der Waals surface area (Å²) >= 11 is 0. The minimum atomic E-state index is -0.334. The number of hydrogen-bond acceptors (Lipinski definition) is 2. The first kappa shape index (κ1) is 12.6. The van der Waals surface area contributed by atoms with Crippen molar-refractivity contribution in [1.29, 1.82) is 0 Å². The summed E-state index contributed by atoms with van der Waals surface area (Å²) in [5.41, 5.74) is 6.46. The molecule has 0 aliphatic heterocycles. The van der Waals surface area contributed by atoms with Crippen LogP contribution in [0.1, 0.15) is 25.5 Å². The normalized spacial score (nSPS) is 14.3. The second-order valence-electron chi connectivity index (χ2n) is 4.58. The smallest absolute Gasteiger partial charge is 0.234 e. The Balaban J connectivity index is 2.33. The number of carbonyl (C=O) groups excluding carboxylic acids is 1. The summed E-state index contributed by atoms with van der Waals surface area (Å²) in [6, 6.07) is 14.2. The Morgan fingerprint density at radius 1 is 1.11 bits per heavy atom. The van der Waals surface area contributed by atoms with Gasteiger partial charge in [0.15, 0.2) is 0 Å². The van der Waals surface area contributed by atoms with Gasteiger partial charge in [-0.05, 0) is 30.2 Å². The highest BCUT2D eigenvalue weighted by atomic mass is 16.1. The molecule has 94 valence electrons. The fourth-order valence-electron chi connectivity index (χ4n) is 2.17. The largest absolute Gasteiger partial charge is 0.368 e. The highest BCUT2D eigenvalue weighted by molar-refractivity contribution is 5.86. The zero-order valence-corrected chi connectivity index (χ0v) is 10.7. The Hall–Kier alpha value is -1.87. The molecule has 0 bridgehead atoms. The molecule has 0 unspecified atom stereocenters. The summed E-state index contributed by atoms with van der Waals surface area (Å²) in [6.45, 7) is 3.82. The fourth-order valence-corrected chi connectivity index (χ4v) is 2.17. The van der Waals surface area contributed by atoms with Crippen LogP contribution in [0.3, 0.4) is 0 Å². The third kappa shape index (κ3) is 2.51. The van der Waals surface area contributed by atoms with Crippen molar-refractivity contribution in [3.8, 4) is 0 Å². The number of carbonyl (C=O) groups is 1. The predicted molar refractivity (Wildman–Crippen MR) is 74.2 cm³/mol. The molecule has 3 heteroatoms. The molecule has 1 amide bonds. The summed E-state index contributed by atoms with van der Waals surface area (Å²) in [4.78, 5) is 11.1. The van der Waals surface area contributed by atoms with Gasteiger partial charge in [0.1, 0.15) is 0 Å². The van der Waals surface area contributed by atoms with E-state index in [1.807, 2.05) is 25.1 Å². The molecule has 0 heterocycles. The Bertz CT molecular complexity index is 560. The molecule has 2 atom stereocenters. The second-order valence-corrected chi connectivity index (χ2v) is 4.58. The van der Waals surface area contributed by atoms with Gasteiger partial charge in [-0.15, -0.1) is 0 Å². The van der Waals surface area contributed by atoms with Crippen LogP contribution in [-0.4, -0.2) is 11.9 Å². The van der Waals surface area contributed by atoms with Crippen LogP contribution in [0.2, 0.25) is 0 Å². The number of benzene rings is 2. The molecule has 0 saturated heterocycles. The number of nitrogens with one attached hydrogen (secondary N) is 1. The van der Waals surface area contributed by atoms with Crippen molar-refractivity contribution in [1.82, 2.24) is 5.32 Å². The molecule has 2 aromatic rings. The first-order valence-electron chi connectivity index (χ1n) is 6.12. The molecule has 0 aliphatic carbocycles. The molecule has 0 spiro atoms. The monoisotopic (exact) mass is 242 g/mol. The zero-order valence-electron chi connectivity index (χ0n) is 10.7. The number of primary amides is 1. The number of nitrogens with two attached hydrogens (primary N) is 1. The van der Waals surface area contributed by atoms with Crippen LogP contribution in [0.15, 0.2) is 42.5 Å². The summed E-state index contributed by atoms with van der Waals surface area (Å²) in [6.07, 6.45) is 0. The molecular weight excluding hydrogens is 224 g/mol. The number of amides is 1. The van der Waals surface area contributed by atoms with Gasteiger partial charge in [-0.25, -0.2) is 0 Å².